The average molecular weight is 345 g/mol. The van der Waals surface area contributed by atoms with Crippen molar-refractivity contribution in [3.8, 4) is 0 Å². The third-order valence-corrected chi connectivity index (χ3v) is 3.80. The Morgan fingerprint density at radius 1 is 1.45 bits per heavy atom. The summed E-state index contributed by atoms with van der Waals surface area (Å²) < 4.78 is 5.12. The summed E-state index contributed by atoms with van der Waals surface area (Å²) in [7, 11) is -1.03. The van der Waals surface area contributed by atoms with E-state index in [-0.39, 0.29) is 23.2 Å². The molecule has 0 aromatic heterocycles. The number of hydrogen-bond acceptors (Lipinski definition) is 4. The topological polar surface area (TPSA) is 87.7 Å². The number of nitrogens with one attached hydrogen (secondary N) is 2. The Kier molecular flexibility index (Phi) is 5.69. The highest BCUT2D eigenvalue weighted by atomic mass is 35.5. The molecular formula is C13H15BCl2N2O4. The first-order valence-corrected chi connectivity index (χ1v) is 7.48. The van der Waals surface area contributed by atoms with Crippen LogP contribution in [0.3, 0.4) is 0 Å². The van der Waals surface area contributed by atoms with Crippen molar-refractivity contribution in [2.75, 3.05) is 6.54 Å². The van der Waals surface area contributed by atoms with E-state index in [2.05, 4.69) is 10.6 Å². The minimum Gasteiger partial charge on any atom is -0.426 e. The lowest BCUT2D eigenvalue weighted by Gasteiger charge is -2.13. The van der Waals surface area contributed by atoms with E-state index in [1.165, 1.54) is 12.1 Å². The van der Waals surface area contributed by atoms with Gasteiger partial charge in [-0.2, -0.15) is 0 Å². The van der Waals surface area contributed by atoms with Crippen LogP contribution in [-0.4, -0.2) is 42.5 Å². The lowest BCUT2D eigenvalue weighted by atomic mass is 9.80. The predicted molar refractivity (Wildman–Crippen MR) is 83.9 cm³/mol. The molecule has 1 aliphatic heterocycles. The van der Waals surface area contributed by atoms with Gasteiger partial charge in [0.2, 0.25) is 5.91 Å². The van der Waals surface area contributed by atoms with Crippen LogP contribution in [-0.2, 0) is 9.45 Å². The minimum atomic E-state index is -1.03. The molecule has 2 rings (SSSR count). The van der Waals surface area contributed by atoms with Crippen molar-refractivity contribution >= 4 is 42.1 Å². The fourth-order valence-corrected chi connectivity index (χ4v) is 2.55. The Morgan fingerprint density at radius 3 is 2.82 bits per heavy atom. The lowest BCUT2D eigenvalue weighted by molar-refractivity contribution is -0.120. The molecule has 1 aromatic carbocycles. The molecule has 1 unspecified atom stereocenters. The summed E-state index contributed by atoms with van der Waals surface area (Å²) in [6.45, 7) is 1.57. The molecular weight excluding hydrogens is 330 g/mol. The van der Waals surface area contributed by atoms with Crippen LogP contribution in [0.5, 0.6) is 0 Å². The standard InChI is InChI=1S/C13H15BCl2N2O4/c1-7-4-11(14(21)22-7)18-12(19)6-17-13(20)9-5-8(15)2-3-10(9)16/h2-3,5,7,11,21H,4,6H2,1H3,(H,17,20)(H,18,19)/t7?,11-/m0/s1. The normalized spacial score (nSPS) is 20.8. The van der Waals surface area contributed by atoms with E-state index in [9.17, 15) is 14.6 Å². The highest BCUT2D eigenvalue weighted by molar-refractivity contribution is 6.46. The van der Waals surface area contributed by atoms with Gasteiger partial charge >= 0.3 is 7.12 Å². The Hall–Kier alpha value is -1.28. The molecule has 1 aromatic rings. The molecule has 1 heterocycles. The summed E-state index contributed by atoms with van der Waals surface area (Å²) in [5, 5.41) is 15.2. The number of benzene rings is 1. The molecule has 0 saturated carbocycles. The Balaban J connectivity index is 1.86. The van der Waals surface area contributed by atoms with Crippen molar-refractivity contribution in [2.45, 2.75) is 25.4 Å². The monoisotopic (exact) mass is 344 g/mol. The summed E-state index contributed by atoms with van der Waals surface area (Å²) in [4.78, 5) is 23.8. The van der Waals surface area contributed by atoms with Gasteiger partial charge in [-0.15, -0.1) is 0 Å². The predicted octanol–water partition coefficient (Wildman–Crippen LogP) is 1.04. The molecule has 0 radical (unpaired) electrons. The third-order valence-electron chi connectivity index (χ3n) is 3.23. The van der Waals surface area contributed by atoms with E-state index in [1.54, 1.807) is 13.0 Å². The van der Waals surface area contributed by atoms with Crippen molar-refractivity contribution in [3.63, 3.8) is 0 Å². The second-order valence-electron chi connectivity index (χ2n) is 5.05. The second kappa shape index (κ2) is 7.33. The van der Waals surface area contributed by atoms with E-state index in [0.717, 1.165) is 0 Å². The molecule has 1 saturated heterocycles. The molecule has 0 bridgehead atoms. The van der Waals surface area contributed by atoms with E-state index in [0.29, 0.717) is 11.4 Å². The van der Waals surface area contributed by atoms with Crippen molar-refractivity contribution < 1.29 is 19.3 Å². The van der Waals surface area contributed by atoms with Gasteiger partial charge in [0.15, 0.2) is 0 Å². The number of rotatable bonds is 4. The molecule has 0 aliphatic carbocycles. The molecule has 2 atom stereocenters. The van der Waals surface area contributed by atoms with Crippen LogP contribution in [0.4, 0.5) is 0 Å². The van der Waals surface area contributed by atoms with Crippen LogP contribution in [0.15, 0.2) is 18.2 Å². The maximum Gasteiger partial charge on any atom is 0.478 e. The smallest absolute Gasteiger partial charge is 0.426 e. The van der Waals surface area contributed by atoms with E-state index >= 15 is 0 Å². The number of amides is 2. The molecule has 1 aliphatic rings. The zero-order valence-corrected chi connectivity index (χ0v) is 13.3. The van der Waals surface area contributed by atoms with Gasteiger partial charge in [-0.3, -0.25) is 9.59 Å². The third kappa shape index (κ3) is 4.36. The van der Waals surface area contributed by atoms with E-state index < -0.39 is 24.9 Å². The van der Waals surface area contributed by atoms with Gasteiger partial charge in [-0.25, -0.2) is 0 Å². The quantitative estimate of drug-likeness (QED) is 0.712. The zero-order chi connectivity index (χ0) is 16.3. The molecule has 3 N–H and O–H groups in total. The van der Waals surface area contributed by atoms with Gasteiger partial charge in [-0.05, 0) is 31.5 Å². The van der Waals surface area contributed by atoms with Crippen LogP contribution in [0, 0.1) is 0 Å². The maximum atomic E-state index is 12.0. The first kappa shape index (κ1) is 17.1. The molecule has 6 nitrogen and oxygen atoms in total. The second-order valence-corrected chi connectivity index (χ2v) is 5.90. The van der Waals surface area contributed by atoms with E-state index in [4.69, 9.17) is 27.9 Å². The molecule has 1 fully saturated rings. The fraction of sp³-hybridized carbons (Fsp3) is 0.385. The van der Waals surface area contributed by atoms with Gasteiger partial charge in [0.05, 0.1) is 23.1 Å². The molecule has 118 valence electrons. The van der Waals surface area contributed by atoms with Crippen LogP contribution in [0.2, 0.25) is 10.0 Å². The van der Waals surface area contributed by atoms with Crippen molar-refractivity contribution in [1.29, 1.82) is 0 Å². The number of carbonyl (C=O) groups excluding carboxylic acids is 2. The largest absolute Gasteiger partial charge is 0.478 e. The first-order chi connectivity index (χ1) is 10.4. The Labute approximate surface area is 138 Å². The van der Waals surface area contributed by atoms with Crippen LogP contribution in [0.25, 0.3) is 0 Å². The zero-order valence-electron chi connectivity index (χ0n) is 11.8. The van der Waals surface area contributed by atoms with Crippen molar-refractivity contribution in [2.24, 2.45) is 0 Å². The lowest BCUT2D eigenvalue weighted by Crippen LogP contribution is -2.47. The Bertz CT molecular complexity index is 587. The van der Waals surface area contributed by atoms with Crippen molar-refractivity contribution in [3.05, 3.63) is 33.8 Å². The summed E-state index contributed by atoms with van der Waals surface area (Å²) in [5.74, 6) is -1.40. The Morgan fingerprint density at radius 2 is 2.18 bits per heavy atom. The molecule has 0 spiro atoms. The number of carbonyl (C=O) groups is 2. The number of halogens is 2. The summed E-state index contributed by atoms with van der Waals surface area (Å²) >= 11 is 11.7. The van der Waals surface area contributed by atoms with Gasteiger partial charge in [-0.1, -0.05) is 23.2 Å². The van der Waals surface area contributed by atoms with Crippen molar-refractivity contribution in [1.82, 2.24) is 10.6 Å². The van der Waals surface area contributed by atoms with Gasteiger partial charge in [0, 0.05) is 11.1 Å². The summed E-state index contributed by atoms with van der Waals surface area (Å²) in [5.41, 5.74) is 0.194. The fourth-order valence-electron chi connectivity index (χ4n) is 2.18. The van der Waals surface area contributed by atoms with Crippen LogP contribution < -0.4 is 10.6 Å². The molecule has 2 amide bonds. The first-order valence-electron chi connectivity index (χ1n) is 6.73. The molecule has 22 heavy (non-hydrogen) atoms. The van der Waals surface area contributed by atoms with Crippen LogP contribution >= 0.6 is 23.2 Å². The molecule has 9 heteroatoms. The summed E-state index contributed by atoms with van der Waals surface area (Å²) in [6.07, 6.45) is 0.390. The van der Waals surface area contributed by atoms with Gasteiger partial charge in [0.1, 0.15) is 0 Å². The summed E-state index contributed by atoms with van der Waals surface area (Å²) in [6, 6.07) is 4.50. The van der Waals surface area contributed by atoms with Crippen LogP contribution in [0.1, 0.15) is 23.7 Å². The minimum absolute atomic E-state index is 0.125. The van der Waals surface area contributed by atoms with Gasteiger partial charge in [0.25, 0.3) is 5.91 Å². The highest BCUT2D eigenvalue weighted by Crippen LogP contribution is 2.20. The maximum absolute atomic E-state index is 12.0. The number of hydrogen-bond donors (Lipinski definition) is 3. The SMILES string of the molecule is CC1C[C@H](NC(=O)CNC(=O)c2cc(Cl)ccc2Cl)B(O)O1. The average Bonchev–Trinajstić information content (AvgIpc) is 2.77. The van der Waals surface area contributed by atoms with E-state index in [1.807, 2.05) is 0 Å². The highest BCUT2D eigenvalue weighted by Gasteiger charge is 2.37. The van der Waals surface area contributed by atoms with Gasteiger partial charge < -0.3 is 20.3 Å².